The summed E-state index contributed by atoms with van der Waals surface area (Å²) in [6.45, 7) is 0.122. The van der Waals surface area contributed by atoms with Crippen LogP contribution in [0.2, 0.25) is 5.02 Å². The summed E-state index contributed by atoms with van der Waals surface area (Å²) in [6.07, 6.45) is 4.50. The molecule has 11 nitrogen and oxygen atoms in total. The van der Waals surface area contributed by atoms with E-state index in [1.54, 1.807) is 41.1 Å². The van der Waals surface area contributed by atoms with Crippen LogP contribution in [0.15, 0.2) is 55.0 Å². The van der Waals surface area contributed by atoms with Crippen molar-refractivity contribution in [2.75, 3.05) is 17.1 Å². The Hall–Kier alpha value is -4.08. The zero-order chi connectivity index (χ0) is 24.4. The van der Waals surface area contributed by atoms with Crippen molar-refractivity contribution < 1.29 is 13.2 Å². The molecule has 0 saturated carbocycles. The number of pyridine rings is 1. The van der Waals surface area contributed by atoms with Crippen LogP contribution in [-0.4, -0.2) is 50.5 Å². The first-order valence-corrected chi connectivity index (χ1v) is 12.5. The second kappa shape index (κ2) is 9.28. The number of nitriles is 1. The summed E-state index contributed by atoms with van der Waals surface area (Å²) in [4.78, 5) is 12.3. The van der Waals surface area contributed by atoms with Crippen LogP contribution in [-0.2, 0) is 16.4 Å². The number of aryl methyl sites for hydroxylation is 1. The van der Waals surface area contributed by atoms with E-state index >= 15 is 0 Å². The molecule has 5 rings (SSSR count). The molecular formula is C22H17ClN8O3S. The van der Waals surface area contributed by atoms with Gasteiger partial charge in [0, 0.05) is 25.0 Å². The van der Waals surface area contributed by atoms with Crippen LogP contribution >= 0.6 is 11.6 Å². The first-order valence-electron chi connectivity index (χ1n) is 10.4. The van der Waals surface area contributed by atoms with E-state index in [4.69, 9.17) is 16.3 Å². The van der Waals surface area contributed by atoms with E-state index < -0.39 is 16.1 Å². The van der Waals surface area contributed by atoms with Crippen LogP contribution in [0.1, 0.15) is 23.0 Å². The molecule has 0 spiro atoms. The Bertz CT molecular complexity index is 1530. The van der Waals surface area contributed by atoms with Crippen LogP contribution in [0.5, 0.6) is 5.88 Å². The van der Waals surface area contributed by atoms with E-state index in [2.05, 4.69) is 35.9 Å². The zero-order valence-corrected chi connectivity index (χ0v) is 19.6. The molecule has 0 aliphatic carbocycles. The normalized spacial score (nSPS) is 14.7. The van der Waals surface area contributed by atoms with Gasteiger partial charge in [-0.05, 0) is 29.8 Å². The first kappa shape index (κ1) is 22.7. The van der Waals surface area contributed by atoms with Crippen molar-refractivity contribution in [2.24, 2.45) is 0 Å². The van der Waals surface area contributed by atoms with Crippen molar-refractivity contribution >= 4 is 27.6 Å². The van der Waals surface area contributed by atoms with Gasteiger partial charge in [-0.2, -0.15) is 5.26 Å². The minimum atomic E-state index is -3.85. The lowest BCUT2D eigenvalue weighted by molar-refractivity contribution is 0.272. The largest absolute Gasteiger partial charge is 0.475 e. The van der Waals surface area contributed by atoms with Gasteiger partial charge in [-0.1, -0.05) is 23.7 Å². The highest BCUT2D eigenvalue weighted by Gasteiger charge is 2.31. The SMILES string of the molecule is N#Cc1cccc([C@H]2COc3ncccc3-c3nnc(NS(=O)(=O)CCc4ncc(Cl)cn4)n32)c1. The lowest BCUT2D eigenvalue weighted by Crippen LogP contribution is -2.25. The molecule has 0 amide bonds. The minimum Gasteiger partial charge on any atom is -0.475 e. The Balaban J connectivity index is 1.51. The summed E-state index contributed by atoms with van der Waals surface area (Å²) < 4.78 is 36.0. The molecular weight excluding hydrogens is 492 g/mol. The van der Waals surface area contributed by atoms with E-state index in [0.717, 1.165) is 5.56 Å². The average molecular weight is 509 g/mol. The second-order valence-corrected chi connectivity index (χ2v) is 9.90. The van der Waals surface area contributed by atoms with Crippen LogP contribution < -0.4 is 9.46 Å². The first-order chi connectivity index (χ1) is 16.9. The number of aromatic nitrogens is 6. The van der Waals surface area contributed by atoms with Gasteiger partial charge in [0.05, 0.1) is 34.0 Å². The molecule has 1 N–H and O–H groups in total. The molecule has 0 radical (unpaired) electrons. The Morgan fingerprint density at radius 2 is 2.00 bits per heavy atom. The Labute approximate surface area is 205 Å². The van der Waals surface area contributed by atoms with Crippen molar-refractivity contribution in [1.82, 2.24) is 29.7 Å². The fourth-order valence-corrected chi connectivity index (χ4v) is 4.76. The number of rotatable bonds is 6. The third-order valence-corrected chi connectivity index (χ3v) is 6.74. The van der Waals surface area contributed by atoms with Gasteiger partial charge in [0.15, 0.2) is 5.82 Å². The highest BCUT2D eigenvalue weighted by Crippen LogP contribution is 2.37. The number of anilines is 1. The van der Waals surface area contributed by atoms with Gasteiger partial charge in [-0.15, -0.1) is 10.2 Å². The summed E-state index contributed by atoms with van der Waals surface area (Å²) in [6, 6.07) is 12.1. The molecule has 3 aromatic heterocycles. The summed E-state index contributed by atoms with van der Waals surface area (Å²) in [5.41, 5.74) is 1.76. The number of sulfonamides is 1. The fraction of sp³-hybridized carbons (Fsp3) is 0.182. The van der Waals surface area contributed by atoms with E-state index in [9.17, 15) is 13.7 Å². The van der Waals surface area contributed by atoms with Gasteiger partial charge >= 0.3 is 0 Å². The predicted molar refractivity (Wildman–Crippen MR) is 126 cm³/mol. The number of ether oxygens (including phenoxy) is 1. The molecule has 1 atom stereocenters. The van der Waals surface area contributed by atoms with E-state index in [1.165, 1.54) is 12.4 Å². The van der Waals surface area contributed by atoms with Crippen molar-refractivity contribution in [2.45, 2.75) is 12.5 Å². The molecule has 0 bridgehead atoms. The molecule has 0 unspecified atom stereocenters. The summed E-state index contributed by atoms with van der Waals surface area (Å²) in [7, 11) is -3.85. The molecule has 1 aliphatic rings. The quantitative estimate of drug-likeness (QED) is 0.414. The molecule has 1 aliphatic heterocycles. The topological polar surface area (TPSA) is 149 Å². The molecule has 1 aromatic carbocycles. The van der Waals surface area contributed by atoms with Gasteiger partial charge in [-0.3, -0.25) is 9.29 Å². The number of hydrogen-bond donors (Lipinski definition) is 1. The van der Waals surface area contributed by atoms with Crippen molar-refractivity contribution in [3.05, 3.63) is 77.0 Å². The maximum atomic E-state index is 12.9. The molecule has 4 heterocycles. The molecule has 176 valence electrons. The third kappa shape index (κ3) is 4.77. The van der Waals surface area contributed by atoms with Gasteiger partial charge in [0.1, 0.15) is 12.4 Å². The monoisotopic (exact) mass is 508 g/mol. The van der Waals surface area contributed by atoms with Crippen LogP contribution in [0.25, 0.3) is 11.4 Å². The van der Waals surface area contributed by atoms with Gasteiger partial charge in [0.25, 0.3) is 0 Å². The lowest BCUT2D eigenvalue weighted by Gasteiger charge is -2.20. The number of halogens is 1. The lowest BCUT2D eigenvalue weighted by atomic mass is 10.0. The number of fused-ring (bicyclic) bond motifs is 3. The molecule has 35 heavy (non-hydrogen) atoms. The average Bonchev–Trinajstić information content (AvgIpc) is 3.18. The van der Waals surface area contributed by atoms with Crippen LogP contribution in [0.3, 0.4) is 0 Å². The van der Waals surface area contributed by atoms with Crippen LogP contribution in [0.4, 0.5) is 5.95 Å². The predicted octanol–water partition coefficient (Wildman–Crippen LogP) is 2.62. The highest BCUT2D eigenvalue weighted by atomic mass is 35.5. The highest BCUT2D eigenvalue weighted by molar-refractivity contribution is 7.92. The third-order valence-electron chi connectivity index (χ3n) is 5.31. The molecule has 0 fully saturated rings. The molecule has 0 saturated heterocycles. The number of nitrogens with zero attached hydrogens (tertiary/aromatic N) is 7. The zero-order valence-electron chi connectivity index (χ0n) is 18.0. The maximum absolute atomic E-state index is 12.9. The van der Waals surface area contributed by atoms with E-state index in [0.29, 0.717) is 33.7 Å². The summed E-state index contributed by atoms with van der Waals surface area (Å²) in [5, 5.41) is 18.1. The number of nitrogens with one attached hydrogen (secondary N) is 1. The second-order valence-electron chi connectivity index (χ2n) is 7.63. The summed E-state index contributed by atoms with van der Waals surface area (Å²) in [5.74, 6) is 0.829. The maximum Gasteiger partial charge on any atom is 0.239 e. The van der Waals surface area contributed by atoms with Gasteiger partial charge < -0.3 is 4.74 Å². The summed E-state index contributed by atoms with van der Waals surface area (Å²) >= 11 is 5.79. The van der Waals surface area contributed by atoms with E-state index in [1.807, 2.05) is 6.07 Å². The van der Waals surface area contributed by atoms with Gasteiger partial charge in [-0.25, -0.2) is 23.4 Å². The molecule has 4 aromatic rings. The standard InChI is InChI=1S/C22H17ClN8O3S/c23-16-11-26-19(27-12-16)6-8-35(32,33)30-22-29-28-20-17-5-2-7-25-21(17)34-13-18(31(20)22)15-4-1-3-14(9-15)10-24/h1-5,7,9,11-12,18H,6,8,13H2,(H,29,30)/t18-/m1/s1. The smallest absolute Gasteiger partial charge is 0.239 e. The van der Waals surface area contributed by atoms with Crippen LogP contribution in [0, 0.1) is 11.3 Å². The van der Waals surface area contributed by atoms with Gasteiger partial charge in [0.2, 0.25) is 21.9 Å². The fourth-order valence-electron chi connectivity index (χ4n) is 3.69. The Morgan fingerprint density at radius 1 is 1.17 bits per heavy atom. The molecule has 13 heteroatoms. The Kier molecular flexibility index (Phi) is 6.02. The van der Waals surface area contributed by atoms with E-state index in [-0.39, 0.29) is 24.7 Å². The van der Waals surface area contributed by atoms with Crippen molar-refractivity contribution in [1.29, 1.82) is 5.26 Å². The van der Waals surface area contributed by atoms with Crippen molar-refractivity contribution in [3.8, 4) is 23.3 Å². The minimum absolute atomic E-state index is 0.0182. The Morgan fingerprint density at radius 3 is 2.80 bits per heavy atom. The number of hydrogen-bond acceptors (Lipinski definition) is 9. The number of benzene rings is 1. The van der Waals surface area contributed by atoms with Crippen molar-refractivity contribution in [3.63, 3.8) is 0 Å².